The van der Waals surface area contributed by atoms with Crippen molar-refractivity contribution in [3.8, 4) is 5.75 Å². The van der Waals surface area contributed by atoms with Crippen molar-refractivity contribution in [1.82, 2.24) is 20.2 Å². The quantitative estimate of drug-likeness (QED) is 0.405. The van der Waals surface area contributed by atoms with Crippen LogP contribution in [0.3, 0.4) is 0 Å². The molecule has 0 radical (unpaired) electrons. The molecule has 206 valence electrons. The minimum Gasteiger partial charge on any atom is -0.489 e. The number of ether oxygens (including phenoxy) is 1. The molecule has 8 nitrogen and oxygen atoms in total. The van der Waals surface area contributed by atoms with E-state index in [1.54, 1.807) is 19.2 Å². The van der Waals surface area contributed by atoms with E-state index in [-0.39, 0.29) is 34.9 Å². The summed E-state index contributed by atoms with van der Waals surface area (Å²) in [4.78, 5) is 24.1. The topological polar surface area (TPSA) is 91.4 Å². The summed E-state index contributed by atoms with van der Waals surface area (Å²) >= 11 is 6.52. The normalized spacial score (nSPS) is 27.9. The summed E-state index contributed by atoms with van der Waals surface area (Å²) in [6.07, 6.45) is 5.81. The molecule has 38 heavy (non-hydrogen) atoms. The first-order valence-corrected chi connectivity index (χ1v) is 13.9. The van der Waals surface area contributed by atoms with E-state index in [0.29, 0.717) is 29.1 Å². The highest BCUT2D eigenvalue weighted by Crippen LogP contribution is 2.65. The molecule has 6 rings (SSSR count). The van der Waals surface area contributed by atoms with E-state index in [1.165, 1.54) is 25.1 Å². The van der Waals surface area contributed by atoms with Gasteiger partial charge < -0.3 is 20.7 Å². The van der Waals surface area contributed by atoms with Crippen LogP contribution in [0.4, 0.5) is 21.8 Å². The van der Waals surface area contributed by atoms with Gasteiger partial charge in [0, 0.05) is 25.3 Å². The van der Waals surface area contributed by atoms with Crippen molar-refractivity contribution in [3.63, 3.8) is 0 Å². The number of aromatic nitrogens is 2. The Labute approximate surface area is 229 Å². The number of nitrogens with zero attached hydrogens (tertiary/aromatic N) is 3. The van der Waals surface area contributed by atoms with E-state index in [1.807, 2.05) is 0 Å². The standard InChI is InChI=1S/C28H38ClFN6O2/c1-27(2)17-13-19(25(37)31-4)28(3,23(27)14-17)35-24-20(29)16-32-26(34-24)33-18-7-8-22(21(30)15-18)38-12-11-36-9-5-6-10-36/h7-8,15-17,19,23H,5-6,9-14H2,1-4H3,(H,31,37)(H2,32,33,34,35)/t17-,19-,23-,28+/m0/s1. The molecule has 10 heteroatoms. The number of amides is 1. The van der Waals surface area contributed by atoms with E-state index in [4.69, 9.17) is 16.3 Å². The Morgan fingerprint density at radius 2 is 2.00 bits per heavy atom. The molecule has 4 fully saturated rings. The molecule has 3 saturated carbocycles. The fraction of sp³-hybridized carbons (Fsp3) is 0.607. The number of fused-ring (bicyclic) bond motifs is 2. The van der Waals surface area contributed by atoms with Crippen LogP contribution in [0.15, 0.2) is 24.4 Å². The fourth-order valence-corrected chi connectivity index (χ4v) is 6.96. The smallest absolute Gasteiger partial charge is 0.229 e. The number of anilines is 3. The first-order chi connectivity index (χ1) is 18.1. The van der Waals surface area contributed by atoms with Crippen LogP contribution in [0.1, 0.15) is 46.5 Å². The Hall–Kier alpha value is -2.65. The van der Waals surface area contributed by atoms with Crippen LogP contribution in [0.2, 0.25) is 5.02 Å². The lowest BCUT2D eigenvalue weighted by Gasteiger charge is -2.66. The molecule has 2 heterocycles. The SMILES string of the molecule is CNC(=O)[C@@H]1C[C@H]2C[C@@H](C2(C)C)[C@]1(C)Nc1nc(Nc2ccc(OCCN3CCCC3)c(F)c2)ncc1Cl. The number of rotatable bonds is 9. The van der Waals surface area contributed by atoms with Crippen LogP contribution in [0.25, 0.3) is 0 Å². The predicted molar refractivity (Wildman–Crippen MR) is 147 cm³/mol. The van der Waals surface area contributed by atoms with E-state index >= 15 is 0 Å². The fourth-order valence-electron chi connectivity index (χ4n) is 6.82. The summed E-state index contributed by atoms with van der Waals surface area (Å²) in [5.74, 6) is 1.11. The van der Waals surface area contributed by atoms with Crippen molar-refractivity contribution < 1.29 is 13.9 Å². The second kappa shape index (κ2) is 10.5. The van der Waals surface area contributed by atoms with E-state index in [9.17, 15) is 9.18 Å². The highest BCUT2D eigenvalue weighted by atomic mass is 35.5. The van der Waals surface area contributed by atoms with Gasteiger partial charge in [0.05, 0.1) is 17.7 Å². The molecule has 1 saturated heterocycles. The molecule has 1 aromatic carbocycles. The minimum atomic E-state index is -0.534. The van der Waals surface area contributed by atoms with Gasteiger partial charge in [0.25, 0.3) is 0 Å². The van der Waals surface area contributed by atoms with Crippen LogP contribution < -0.4 is 20.7 Å². The molecule has 1 aromatic heterocycles. The largest absolute Gasteiger partial charge is 0.489 e. The van der Waals surface area contributed by atoms with Gasteiger partial charge in [-0.2, -0.15) is 4.98 Å². The van der Waals surface area contributed by atoms with Crippen LogP contribution in [-0.4, -0.2) is 59.6 Å². The second-order valence-corrected chi connectivity index (χ2v) is 12.1. The Balaban J connectivity index is 1.29. The van der Waals surface area contributed by atoms with Gasteiger partial charge in [-0.3, -0.25) is 9.69 Å². The van der Waals surface area contributed by atoms with Gasteiger partial charge >= 0.3 is 0 Å². The predicted octanol–water partition coefficient (Wildman–Crippen LogP) is 5.09. The van der Waals surface area contributed by atoms with Crippen molar-refractivity contribution in [2.45, 2.75) is 52.0 Å². The lowest BCUT2D eigenvalue weighted by molar-refractivity contribution is -0.155. The van der Waals surface area contributed by atoms with Crippen LogP contribution >= 0.6 is 11.6 Å². The van der Waals surface area contributed by atoms with Crippen molar-refractivity contribution in [2.24, 2.45) is 23.2 Å². The van der Waals surface area contributed by atoms with Gasteiger partial charge in [-0.15, -0.1) is 0 Å². The second-order valence-electron chi connectivity index (χ2n) is 11.7. The molecule has 4 aliphatic rings. The summed E-state index contributed by atoms with van der Waals surface area (Å²) in [5, 5.41) is 9.81. The molecule has 3 aliphatic carbocycles. The zero-order valence-electron chi connectivity index (χ0n) is 22.6. The lowest BCUT2D eigenvalue weighted by Crippen LogP contribution is -2.69. The molecule has 3 N–H and O–H groups in total. The number of hydrogen-bond donors (Lipinski definition) is 3. The monoisotopic (exact) mass is 544 g/mol. The van der Waals surface area contributed by atoms with Crippen LogP contribution in [0.5, 0.6) is 5.75 Å². The number of carbonyl (C=O) groups excluding carboxylic acids is 1. The number of benzene rings is 1. The maximum Gasteiger partial charge on any atom is 0.229 e. The summed E-state index contributed by atoms with van der Waals surface area (Å²) < 4.78 is 20.4. The van der Waals surface area contributed by atoms with Crippen molar-refractivity contribution in [2.75, 3.05) is 43.9 Å². The summed E-state index contributed by atoms with van der Waals surface area (Å²) in [7, 11) is 1.68. The molecule has 2 bridgehead atoms. The molecule has 1 aliphatic heterocycles. The van der Waals surface area contributed by atoms with Crippen molar-refractivity contribution in [3.05, 3.63) is 35.2 Å². The molecular formula is C28H38ClFN6O2. The highest BCUT2D eigenvalue weighted by molar-refractivity contribution is 6.32. The Kier molecular flexibility index (Phi) is 7.44. The molecule has 0 unspecified atom stereocenters. The molecule has 2 aromatic rings. The average Bonchev–Trinajstić information content (AvgIpc) is 3.40. The third-order valence-corrected chi connectivity index (χ3v) is 9.46. The van der Waals surface area contributed by atoms with Gasteiger partial charge in [-0.25, -0.2) is 9.37 Å². The molecular weight excluding hydrogens is 507 g/mol. The average molecular weight is 545 g/mol. The van der Waals surface area contributed by atoms with E-state index in [0.717, 1.165) is 32.5 Å². The van der Waals surface area contributed by atoms with Crippen LogP contribution in [0, 0.1) is 29.0 Å². The Morgan fingerprint density at radius 1 is 1.24 bits per heavy atom. The number of likely N-dealkylation sites (tertiary alicyclic amines) is 1. The zero-order valence-corrected chi connectivity index (χ0v) is 23.4. The van der Waals surface area contributed by atoms with Gasteiger partial charge in [0.1, 0.15) is 11.6 Å². The summed E-state index contributed by atoms with van der Waals surface area (Å²) in [5.41, 5.74) is 0.0777. The minimum absolute atomic E-state index is 0.0203. The molecule has 1 amide bonds. The molecule has 0 spiro atoms. The Bertz CT molecular complexity index is 1190. The van der Waals surface area contributed by atoms with Gasteiger partial charge in [-0.1, -0.05) is 25.4 Å². The summed E-state index contributed by atoms with van der Waals surface area (Å²) in [6.45, 7) is 10.1. The third-order valence-electron chi connectivity index (χ3n) is 9.19. The number of nitrogens with one attached hydrogen (secondary N) is 3. The molecule has 4 atom stereocenters. The maximum atomic E-state index is 14.7. The van der Waals surface area contributed by atoms with Crippen molar-refractivity contribution in [1.29, 1.82) is 0 Å². The zero-order chi connectivity index (χ0) is 27.1. The number of hydrogen-bond acceptors (Lipinski definition) is 7. The number of halogens is 2. The third kappa shape index (κ3) is 5.02. The Morgan fingerprint density at radius 3 is 2.68 bits per heavy atom. The van der Waals surface area contributed by atoms with E-state index < -0.39 is 11.4 Å². The number of carbonyl (C=O) groups is 1. The van der Waals surface area contributed by atoms with Gasteiger partial charge in [0.2, 0.25) is 11.9 Å². The van der Waals surface area contributed by atoms with E-state index in [2.05, 4.69) is 51.6 Å². The maximum absolute atomic E-state index is 14.7. The summed E-state index contributed by atoms with van der Waals surface area (Å²) in [6, 6.07) is 4.72. The van der Waals surface area contributed by atoms with Crippen molar-refractivity contribution >= 4 is 35.0 Å². The van der Waals surface area contributed by atoms with Gasteiger partial charge in [-0.05, 0) is 75.1 Å². The van der Waals surface area contributed by atoms with Crippen LogP contribution in [-0.2, 0) is 4.79 Å². The lowest BCUT2D eigenvalue weighted by atomic mass is 9.40. The van der Waals surface area contributed by atoms with Gasteiger partial charge in [0.15, 0.2) is 17.4 Å². The highest BCUT2D eigenvalue weighted by Gasteiger charge is 2.64. The first kappa shape index (κ1) is 26.9. The first-order valence-electron chi connectivity index (χ1n) is 13.6.